The molecule has 0 amide bonds. The average molecular weight is 619 g/mol. The fourth-order valence-corrected chi connectivity index (χ4v) is 9.67. The number of piperidine rings is 1. The molecule has 1 spiro atoms. The van der Waals surface area contributed by atoms with E-state index in [9.17, 15) is 10.2 Å². The van der Waals surface area contributed by atoms with Crippen LogP contribution in [0.5, 0.6) is 0 Å². The molecule has 0 saturated carbocycles. The number of aliphatic hydroxyl groups excluding tert-OH is 1. The molecule has 2 fully saturated rings. The van der Waals surface area contributed by atoms with Gasteiger partial charge in [-0.05, 0) is 96.9 Å². The van der Waals surface area contributed by atoms with Crippen molar-refractivity contribution in [3.8, 4) is 11.5 Å². The molecule has 44 heavy (non-hydrogen) atoms. The molecule has 0 aromatic carbocycles. The Morgan fingerprint density at radius 1 is 1.14 bits per heavy atom. The van der Waals surface area contributed by atoms with Gasteiger partial charge in [0.1, 0.15) is 11.4 Å². The van der Waals surface area contributed by atoms with Crippen molar-refractivity contribution in [2.75, 3.05) is 37.3 Å². The molecule has 2 aliphatic heterocycles. The third kappa shape index (κ3) is 4.24. The maximum Gasteiger partial charge on any atom is 0.186 e. The van der Waals surface area contributed by atoms with Crippen LogP contribution in [0.25, 0.3) is 22.6 Å². The summed E-state index contributed by atoms with van der Waals surface area (Å²) in [4.78, 5) is 16.2. The van der Waals surface area contributed by atoms with Gasteiger partial charge < -0.3 is 30.3 Å². The van der Waals surface area contributed by atoms with Crippen LogP contribution >= 0.6 is 11.3 Å². The SMILES string of the molecule is C[C@@H]([C@@H]1CCCN1C)n1ncc2c(N3CC[C@@H](O)[C@@](C)(O)C3)nc(-c3noc4c3CCC[C@@]43CCCc4sc(N)cc43)nc21. The lowest BCUT2D eigenvalue weighted by molar-refractivity contribution is -0.0692. The summed E-state index contributed by atoms with van der Waals surface area (Å²) in [7, 11) is 2.18. The summed E-state index contributed by atoms with van der Waals surface area (Å²) < 4.78 is 8.36. The van der Waals surface area contributed by atoms with E-state index in [2.05, 4.69) is 29.8 Å². The largest absolute Gasteiger partial charge is 0.391 e. The quantitative estimate of drug-likeness (QED) is 0.306. The highest BCUT2D eigenvalue weighted by atomic mass is 32.1. The molecule has 0 unspecified atom stereocenters. The smallest absolute Gasteiger partial charge is 0.186 e. The zero-order valence-corrected chi connectivity index (χ0v) is 26.6. The first-order valence-electron chi connectivity index (χ1n) is 16.2. The number of nitrogens with two attached hydrogens (primary N) is 1. The Hall–Kier alpha value is -3.06. The van der Waals surface area contributed by atoms with Gasteiger partial charge in [0.2, 0.25) is 0 Å². The molecule has 4 aliphatic rings. The predicted octanol–water partition coefficient (Wildman–Crippen LogP) is 4.06. The molecule has 12 heteroatoms. The van der Waals surface area contributed by atoms with E-state index in [0.29, 0.717) is 36.3 Å². The third-order valence-electron chi connectivity index (χ3n) is 11.0. The molecule has 4 N–H and O–H groups in total. The van der Waals surface area contributed by atoms with Gasteiger partial charge in [0.25, 0.3) is 0 Å². The van der Waals surface area contributed by atoms with Crippen LogP contribution in [0.3, 0.4) is 0 Å². The van der Waals surface area contributed by atoms with Gasteiger partial charge in [-0.3, -0.25) is 0 Å². The van der Waals surface area contributed by atoms with Crippen molar-refractivity contribution in [2.45, 2.75) is 101 Å². The molecule has 2 aliphatic carbocycles. The molecule has 4 aromatic rings. The van der Waals surface area contributed by atoms with Crippen molar-refractivity contribution >= 4 is 33.2 Å². The number of nitrogens with zero attached hydrogens (tertiary/aromatic N) is 7. The van der Waals surface area contributed by atoms with Crippen LogP contribution in [-0.2, 0) is 18.3 Å². The van der Waals surface area contributed by atoms with E-state index in [1.165, 1.54) is 16.9 Å². The second kappa shape index (κ2) is 10.2. The van der Waals surface area contributed by atoms with Crippen LogP contribution in [0, 0.1) is 0 Å². The number of aliphatic hydroxyl groups is 2. The van der Waals surface area contributed by atoms with Gasteiger partial charge >= 0.3 is 0 Å². The highest BCUT2D eigenvalue weighted by Crippen LogP contribution is 2.53. The van der Waals surface area contributed by atoms with Crippen molar-refractivity contribution in [2.24, 2.45) is 0 Å². The van der Waals surface area contributed by atoms with Crippen LogP contribution in [0.4, 0.5) is 10.8 Å². The molecule has 8 rings (SSSR count). The maximum absolute atomic E-state index is 11.1. The molecule has 0 bridgehead atoms. The van der Waals surface area contributed by atoms with Crippen LogP contribution in [0.15, 0.2) is 16.8 Å². The Balaban J connectivity index is 1.28. The number of likely N-dealkylation sites (tertiary alicyclic amines) is 1. The first-order valence-corrected chi connectivity index (χ1v) is 17.0. The number of aromatic nitrogens is 5. The topological polar surface area (TPSA) is 143 Å². The van der Waals surface area contributed by atoms with Crippen molar-refractivity contribution < 1.29 is 14.7 Å². The van der Waals surface area contributed by atoms with Crippen LogP contribution in [-0.4, -0.2) is 84.4 Å². The third-order valence-corrected chi connectivity index (χ3v) is 12.0. The minimum absolute atomic E-state index is 0.112. The molecule has 234 valence electrons. The average Bonchev–Trinajstić information content (AvgIpc) is 3.79. The van der Waals surface area contributed by atoms with Gasteiger partial charge in [-0.1, -0.05) is 5.16 Å². The standard InChI is InChI=1S/C32H42N8O3S/c1-18(22-8-6-13-38(22)3)40-30-20(16-34-40)29(39-14-10-24(41)31(2,42)17-39)35-28(36-30)26-19-7-4-11-32(27(19)43-37-26)12-5-9-23-21(32)15-25(33)44-23/h15-16,18,22,24,41-42H,4-14,17,33H2,1-3H3/t18-,22-,24+,31-,32-/m0/s1. The van der Waals surface area contributed by atoms with Gasteiger partial charge in [0, 0.05) is 23.0 Å². The van der Waals surface area contributed by atoms with E-state index < -0.39 is 11.7 Å². The number of thiophene rings is 1. The molecule has 2 saturated heterocycles. The first-order chi connectivity index (χ1) is 21.2. The minimum atomic E-state index is -1.26. The van der Waals surface area contributed by atoms with Crippen molar-refractivity contribution in [1.29, 1.82) is 0 Å². The molecule has 11 nitrogen and oxygen atoms in total. The Bertz CT molecular complexity index is 1720. The molecular weight excluding hydrogens is 576 g/mol. The summed E-state index contributed by atoms with van der Waals surface area (Å²) in [5.41, 5.74) is 8.71. The van der Waals surface area contributed by atoms with E-state index >= 15 is 0 Å². The molecule has 0 radical (unpaired) electrons. The normalized spacial score (nSPS) is 29.8. The lowest BCUT2D eigenvalue weighted by atomic mass is 9.64. The van der Waals surface area contributed by atoms with Crippen molar-refractivity contribution in [3.63, 3.8) is 0 Å². The second-order valence-corrected chi connectivity index (χ2v) is 15.0. The minimum Gasteiger partial charge on any atom is -0.391 e. The van der Waals surface area contributed by atoms with Gasteiger partial charge in [0.05, 0.1) is 40.7 Å². The maximum atomic E-state index is 11.1. The predicted molar refractivity (Wildman–Crippen MR) is 170 cm³/mol. The van der Waals surface area contributed by atoms with E-state index in [4.69, 9.17) is 30.5 Å². The number of aryl methyl sites for hydroxylation is 1. The Kier molecular flexibility index (Phi) is 6.61. The molecular formula is C32H42N8O3S. The summed E-state index contributed by atoms with van der Waals surface area (Å²) in [5, 5.41) is 32.8. The van der Waals surface area contributed by atoms with E-state index in [-0.39, 0.29) is 18.0 Å². The summed E-state index contributed by atoms with van der Waals surface area (Å²) in [5.74, 6) is 2.18. The van der Waals surface area contributed by atoms with Crippen LogP contribution in [0.1, 0.15) is 86.6 Å². The lowest BCUT2D eigenvalue weighted by Crippen LogP contribution is -2.55. The van der Waals surface area contributed by atoms with Gasteiger partial charge in [-0.15, -0.1) is 11.3 Å². The molecule has 5 atom stereocenters. The summed E-state index contributed by atoms with van der Waals surface area (Å²) in [6.07, 6.45) is 9.89. The zero-order valence-electron chi connectivity index (χ0n) is 25.8. The van der Waals surface area contributed by atoms with E-state index in [0.717, 1.165) is 78.8 Å². The number of anilines is 2. The van der Waals surface area contributed by atoms with Crippen LogP contribution in [0.2, 0.25) is 0 Å². The fraction of sp³-hybridized carbons (Fsp3) is 0.625. The van der Waals surface area contributed by atoms with E-state index in [1.54, 1.807) is 18.3 Å². The number of nitrogen functional groups attached to an aromatic ring is 1. The zero-order chi connectivity index (χ0) is 30.4. The van der Waals surface area contributed by atoms with Gasteiger partial charge in [-0.25, -0.2) is 14.6 Å². The Morgan fingerprint density at radius 2 is 1.95 bits per heavy atom. The summed E-state index contributed by atoms with van der Waals surface area (Å²) in [6, 6.07) is 2.64. The number of β-amino-alcohol motifs (C(OH)–C–C–N with tert-alkyl or cyclic N) is 1. The summed E-state index contributed by atoms with van der Waals surface area (Å²) >= 11 is 1.70. The lowest BCUT2D eigenvalue weighted by Gasteiger charge is -2.41. The highest BCUT2D eigenvalue weighted by molar-refractivity contribution is 7.16. The number of likely N-dealkylation sites (N-methyl/N-ethyl adjacent to an activating group) is 1. The monoisotopic (exact) mass is 618 g/mol. The summed E-state index contributed by atoms with van der Waals surface area (Å²) in [6.45, 7) is 5.81. The van der Waals surface area contributed by atoms with Gasteiger partial charge in [-0.2, -0.15) is 5.10 Å². The molecule has 4 aromatic heterocycles. The number of rotatable bonds is 4. The second-order valence-electron chi connectivity index (χ2n) is 13.8. The van der Waals surface area contributed by atoms with Crippen molar-refractivity contribution in [3.05, 3.63) is 34.0 Å². The number of hydrogen-bond acceptors (Lipinski definition) is 11. The van der Waals surface area contributed by atoms with Crippen LogP contribution < -0.4 is 10.6 Å². The van der Waals surface area contributed by atoms with E-state index in [1.807, 2.05) is 10.9 Å². The number of fused-ring (bicyclic) bond motifs is 5. The Labute approximate surface area is 261 Å². The first kappa shape index (κ1) is 28.4. The highest BCUT2D eigenvalue weighted by Gasteiger charge is 2.47. The number of hydrogen-bond donors (Lipinski definition) is 3. The Morgan fingerprint density at radius 3 is 2.73 bits per heavy atom. The van der Waals surface area contributed by atoms with Gasteiger partial charge in [0.15, 0.2) is 22.9 Å². The molecule has 6 heterocycles. The van der Waals surface area contributed by atoms with Crippen molar-refractivity contribution in [1.82, 2.24) is 29.8 Å². The fourth-order valence-electron chi connectivity index (χ4n) is 8.60.